The van der Waals surface area contributed by atoms with Crippen molar-refractivity contribution in [1.29, 1.82) is 0 Å². The number of methoxy groups -OCH3 is 1. The van der Waals surface area contributed by atoms with Gasteiger partial charge in [0.1, 0.15) is 22.7 Å². The summed E-state index contributed by atoms with van der Waals surface area (Å²) in [6.07, 6.45) is -0.679. The summed E-state index contributed by atoms with van der Waals surface area (Å²) in [5.41, 5.74) is 1.57. The number of carbonyl (C=O) groups excluding carboxylic acids is 2. The molecule has 6 nitrogen and oxygen atoms in total. The molecule has 0 heterocycles. The molecule has 0 radical (unpaired) electrons. The van der Waals surface area contributed by atoms with E-state index in [1.165, 1.54) is 7.11 Å². The highest BCUT2D eigenvalue weighted by atomic mass is 35.5. The maximum atomic E-state index is 13.1. The van der Waals surface area contributed by atoms with E-state index in [1.54, 1.807) is 12.1 Å². The van der Waals surface area contributed by atoms with Gasteiger partial charge in [0.2, 0.25) is 0 Å². The summed E-state index contributed by atoms with van der Waals surface area (Å²) in [6, 6.07) is 17.1. The molecule has 0 fully saturated rings. The Morgan fingerprint density at radius 3 is 1.88 bits per heavy atom. The van der Waals surface area contributed by atoms with Crippen molar-refractivity contribution in [3.63, 3.8) is 0 Å². The van der Waals surface area contributed by atoms with Crippen LogP contribution in [-0.2, 0) is 22.6 Å². The summed E-state index contributed by atoms with van der Waals surface area (Å²) in [4.78, 5) is 25.6. The normalized spacial score (nSPS) is 11.4. The molecule has 3 rings (SSSR count). The van der Waals surface area contributed by atoms with Crippen LogP contribution in [0.2, 0.25) is 20.1 Å². The molecule has 0 aromatic heterocycles. The predicted octanol–water partition coefficient (Wildman–Crippen LogP) is 6.75. The maximum Gasteiger partial charge on any atom is 0.408 e. The van der Waals surface area contributed by atoms with E-state index >= 15 is 0 Å². The fourth-order valence-corrected chi connectivity index (χ4v) is 3.92. The number of hydrogen-bond acceptors (Lipinski definition) is 5. The Morgan fingerprint density at radius 2 is 1.32 bits per heavy atom. The number of carbonyl (C=O) groups is 2. The van der Waals surface area contributed by atoms with E-state index in [9.17, 15) is 9.59 Å². The lowest BCUT2D eigenvalue weighted by Crippen LogP contribution is -2.44. The molecule has 10 heteroatoms. The molecule has 1 atom stereocenters. The van der Waals surface area contributed by atoms with Gasteiger partial charge >= 0.3 is 12.1 Å². The molecule has 0 spiro atoms. The van der Waals surface area contributed by atoms with Gasteiger partial charge < -0.3 is 19.5 Å². The molecule has 0 bridgehead atoms. The smallest absolute Gasteiger partial charge is 0.408 e. The van der Waals surface area contributed by atoms with Crippen LogP contribution in [0, 0.1) is 0 Å². The molecule has 34 heavy (non-hydrogen) atoms. The topological polar surface area (TPSA) is 73.9 Å². The molecule has 3 aromatic rings. The van der Waals surface area contributed by atoms with Crippen LogP contribution in [-0.4, -0.2) is 25.2 Å². The van der Waals surface area contributed by atoms with Crippen LogP contribution >= 0.6 is 46.4 Å². The van der Waals surface area contributed by atoms with Crippen molar-refractivity contribution in [3.05, 3.63) is 91.9 Å². The Balaban J connectivity index is 1.82. The van der Waals surface area contributed by atoms with Crippen LogP contribution in [0.25, 0.3) is 0 Å². The lowest BCUT2D eigenvalue weighted by atomic mass is 10.1. The first kappa shape index (κ1) is 26.0. The van der Waals surface area contributed by atoms with Gasteiger partial charge in [-0.25, -0.2) is 9.59 Å². The van der Waals surface area contributed by atoms with Gasteiger partial charge in [-0.2, -0.15) is 0 Å². The zero-order valence-electron chi connectivity index (χ0n) is 17.8. The Hall–Kier alpha value is -2.64. The van der Waals surface area contributed by atoms with E-state index in [0.717, 1.165) is 11.1 Å². The first-order valence-corrected chi connectivity index (χ1v) is 11.5. The summed E-state index contributed by atoms with van der Waals surface area (Å²) < 4.78 is 16.0. The molecule has 0 aliphatic rings. The standard InChI is InChI=1S/C24H19Cl4NO5/c1-32-21-19(27)17(25)18(26)20(28)22(21)34-23(30)16(12-14-8-4-2-5-9-14)29-24(31)33-13-15-10-6-3-7-11-15/h2-11,16H,12-13H2,1H3,(H,29,31). The number of esters is 1. The molecule has 0 aliphatic carbocycles. The lowest BCUT2D eigenvalue weighted by Gasteiger charge is -2.20. The molecule has 1 amide bonds. The van der Waals surface area contributed by atoms with Crippen LogP contribution in [0.4, 0.5) is 4.79 Å². The van der Waals surface area contributed by atoms with Crippen LogP contribution < -0.4 is 14.8 Å². The average molecular weight is 543 g/mol. The Bertz CT molecular complexity index is 1160. The Morgan fingerprint density at radius 1 is 0.794 bits per heavy atom. The van der Waals surface area contributed by atoms with E-state index in [4.69, 9.17) is 60.6 Å². The van der Waals surface area contributed by atoms with E-state index in [2.05, 4.69) is 5.32 Å². The number of hydrogen-bond donors (Lipinski definition) is 1. The predicted molar refractivity (Wildman–Crippen MR) is 132 cm³/mol. The van der Waals surface area contributed by atoms with Crippen LogP contribution in [0.15, 0.2) is 60.7 Å². The van der Waals surface area contributed by atoms with E-state index in [1.807, 2.05) is 48.5 Å². The minimum absolute atomic E-state index is 0.0296. The Labute approximate surface area is 216 Å². The van der Waals surface area contributed by atoms with Gasteiger partial charge in [-0.3, -0.25) is 0 Å². The third-order valence-corrected chi connectivity index (χ3v) is 6.43. The number of halogens is 4. The SMILES string of the molecule is COc1c(Cl)c(Cl)c(Cl)c(Cl)c1OC(=O)C(Cc1ccccc1)NC(=O)OCc1ccccc1. The van der Waals surface area contributed by atoms with Gasteiger partial charge in [0, 0.05) is 6.42 Å². The molecular weight excluding hydrogens is 524 g/mol. The van der Waals surface area contributed by atoms with Crippen molar-refractivity contribution < 1.29 is 23.8 Å². The van der Waals surface area contributed by atoms with Gasteiger partial charge in [-0.15, -0.1) is 0 Å². The quantitative estimate of drug-likeness (QED) is 0.147. The molecule has 0 saturated heterocycles. The number of nitrogens with one attached hydrogen (secondary N) is 1. The summed E-state index contributed by atoms with van der Waals surface area (Å²) in [5, 5.41) is 2.16. The Kier molecular flexibility index (Phi) is 9.30. The zero-order chi connectivity index (χ0) is 24.7. The summed E-state index contributed by atoms with van der Waals surface area (Å²) in [7, 11) is 1.31. The highest BCUT2D eigenvalue weighted by Crippen LogP contribution is 2.50. The highest BCUT2D eigenvalue weighted by Gasteiger charge is 2.29. The number of benzene rings is 3. The number of amides is 1. The summed E-state index contributed by atoms with van der Waals surface area (Å²) in [6.45, 7) is 0.0296. The molecule has 178 valence electrons. The number of ether oxygens (including phenoxy) is 3. The number of alkyl carbamates (subject to hydrolysis) is 1. The van der Waals surface area contributed by atoms with Gasteiger partial charge in [-0.1, -0.05) is 107 Å². The zero-order valence-corrected chi connectivity index (χ0v) is 20.8. The van der Waals surface area contributed by atoms with Crippen LogP contribution in [0.5, 0.6) is 11.5 Å². The second kappa shape index (κ2) is 12.2. The fraction of sp³-hybridized carbons (Fsp3) is 0.167. The van der Waals surface area contributed by atoms with Gasteiger partial charge in [0.25, 0.3) is 0 Å². The molecule has 1 N–H and O–H groups in total. The van der Waals surface area contributed by atoms with Gasteiger partial charge in [0.05, 0.1) is 17.2 Å². The van der Waals surface area contributed by atoms with E-state index in [-0.39, 0.29) is 44.6 Å². The second-order valence-electron chi connectivity index (χ2n) is 6.99. The third-order valence-electron chi connectivity index (χ3n) is 4.66. The first-order valence-electron chi connectivity index (χ1n) is 9.94. The molecule has 3 aromatic carbocycles. The van der Waals surface area contributed by atoms with Crippen molar-refractivity contribution in [2.45, 2.75) is 19.1 Å². The van der Waals surface area contributed by atoms with Crippen molar-refractivity contribution in [2.24, 2.45) is 0 Å². The average Bonchev–Trinajstić information content (AvgIpc) is 2.85. The second-order valence-corrected chi connectivity index (χ2v) is 8.50. The van der Waals surface area contributed by atoms with E-state index in [0.29, 0.717) is 0 Å². The maximum absolute atomic E-state index is 13.1. The minimum atomic E-state index is -1.13. The highest BCUT2D eigenvalue weighted by molar-refractivity contribution is 6.53. The van der Waals surface area contributed by atoms with Crippen LogP contribution in [0.1, 0.15) is 11.1 Å². The number of rotatable bonds is 8. The van der Waals surface area contributed by atoms with Crippen molar-refractivity contribution in [1.82, 2.24) is 5.32 Å². The summed E-state index contributed by atoms with van der Waals surface area (Å²) >= 11 is 24.6. The van der Waals surface area contributed by atoms with Gasteiger partial charge in [0.15, 0.2) is 11.5 Å². The lowest BCUT2D eigenvalue weighted by molar-refractivity contribution is -0.136. The van der Waals surface area contributed by atoms with Crippen molar-refractivity contribution in [3.8, 4) is 11.5 Å². The van der Waals surface area contributed by atoms with Crippen LogP contribution in [0.3, 0.4) is 0 Å². The molecule has 1 unspecified atom stereocenters. The van der Waals surface area contributed by atoms with Gasteiger partial charge in [-0.05, 0) is 11.1 Å². The molecule has 0 saturated carbocycles. The largest absolute Gasteiger partial charge is 0.491 e. The minimum Gasteiger partial charge on any atom is -0.491 e. The fourth-order valence-electron chi connectivity index (χ4n) is 2.99. The van der Waals surface area contributed by atoms with Crippen molar-refractivity contribution >= 4 is 58.5 Å². The van der Waals surface area contributed by atoms with Crippen molar-refractivity contribution in [2.75, 3.05) is 7.11 Å². The third kappa shape index (κ3) is 6.48. The molecule has 0 aliphatic heterocycles. The first-order chi connectivity index (χ1) is 16.3. The summed E-state index contributed by atoms with van der Waals surface area (Å²) in [5.74, 6) is -1.12. The molecular formula is C24H19Cl4NO5. The van der Waals surface area contributed by atoms with E-state index < -0.39 is 18.1 Å². The monoisotopic (exact) mass is 541 g/mol.